The molecule has 2 aromatic rings. The number of ether oxygens (including phenoxy) is 1. The second-order valence-electron chi connectivity index (χ2n) is 6.86. The molecule has 3 rings (SSSR count). The molecular formula is C21H22FNO3S. The van der Waals surface area contributed by atoms with Crippen molar-refractivity contribution in [2.24, 2.45) is 5.92 Å². The Morgan fingerprint density at radius 2 is 1.93 bits per heavy atom. The van der Waals surface area contributed by atoms with Gasteiger partial charge in [-0.2, -0.15) is 0 Å². The van der Waals surface area contributed by atoms with Crippen LogP contribution in [0.15, 0.2) is 54.6 Å². The molecule has 1 heterocycles. The SMILES string of the molecule is CC(C)COC(=O)[C@@H]1CS[C@H](c2ccccc2)N1C(=O)c1cccc(F)c1. The van der Waals surface area contributed by atoms with Crippen molar-refractivity contribution in [1.29, 1.82) is 0 Å². The average Bonchev–Trinajstić information content (AvgIpc) is 3.11. The van der Waals surface area contributed by atoms with Crippen LogP contribution in [0.4, 0.5) is 4.39 Å². The summed E-state index contributed by atoms with van der Waals surface area (Å²) in [5.74, 6) is -0.625. The van der Waals surface area contributed by atoms with E-state index in [0.717, 1.165) is 5.56 Å². The Morgan fingerprint density at radius 1 is 1.19 bits per heavy atom. The number of thioether (sulfide) groups is 1. The highest BCUT2D eigenvalue weighted by atomic mass is 32.2. The average molecular weight is 387 g/mol. The minimum Gasteiger partial charge on any atom is -0.464 e. The van der Waals surface area contributed by atoms with Crippen molar-refractivity contribution in [1.82, 2.24) is 4.90 Å². The fourth-order valence-corrected chi connectivity index (χ4v) is 4.34. The van der Waals surface area contributed by atoms with Gasteiger partial charge in [-0.05, 0) is 29.7 Å². The molecule has 1 aliphatic heterocycles. The lowest BCUT2D eigenvalue weighted by molar-refractivity contribution is -0.149. The molecular weight excluding hydrogens is 365 g/mol. The first-order chi connectivity index (χ1) is 13.0. The van der Waals surface area contributed by atoms with Crippen molar-refractivity contribution < 1.29 is 18.7 Å². The summed E-state index contributed by atoms with van der Waals surface area (Å²) in [6, 6.07) is 14.4. The minimum atomic E-state index is -0.699. The number of halogens is 1. The summed E-state index contributed by atoms with van der Waals surface area (Å²) in [5, 5.41) is -0.321. The fraction of sp³-hybridized carbons (Fsp3) is 0.333. The van der Waals surface area contributed by atoms with Crippen LogP contribution in [-0.2, 0) is 9.53 Å². The highest BCUT2D eigenvalue weighted by Gasteiger charge is 2.43. The van der Waals surface area contributed by atoms with Crippen molar-refractivity contribution in [2.45, 2.75) is 25.3 Å². The highest BCUT2D eigenvalue weighted by Crippen LogP contribution is 2.42. The van der Waals surface area contributed by atoms with Gasteiger partial charge in [0.15, 0.2) is 0 Å². The van der Waals surface area contributed by atoms with Gasteiger partial charge in [0.2, 0.25) is 0 Å². The molecule has 0 aromatic heterocycles. The molecule has 2 aromatic carbocycles. The van der Waals surface area contributed by atoms with Crippen LogP contribution >= 0.6 is 11.8 Å². The number of carbonyl (C=O) groups is 2. The van der Waals surface area contributed by atoms with Crippen LogP contribution in [0.5, 0.6) is 0 Å². The van der Waals surface area contributed by atoms with Gasteiger partial charge in [0.25, 0.3) is 5.91 Å². The molecule has 27 heavy (non-hydrogen) atoms. The zero-order valence-electron chi connectivity index (χ0n) is 15.3. The first-order valence-corrected chi connectivity index (χ1v) is 9.93. The third kappa shape index (κ3) is 4.50. The van der Waals surface area contributed by atoms with Crippen molar-refractivity contribution in [3.63, 3.8) is 0 Å². The maximum Gasteiger partial charge on any atom is 0.329 e. The van der Waals surface area contributed by atoms with E-state index in [1.807, 2.05) is 44.2 Å². The number of rotatable bonds is 5. The van der Waals surface area contributed by atoms with E-state index in [-0.39, 0.29) is 22.8 Å². The van der Waals surface area contributed by atoms with Gasteiger partial charge in [-0.15, -0.1) is 11.8 Å². The Labute approximate surface area is 162 Å². The van der Waals surface area contributed by atoms with Crippen LogP contribution in [0.1, 0.15) is 35.1 Å². The Kier molecular flexibility index (Phi) is 6.16. The topological polar surface area (TPSA) is 46.6 Å². The summed E-state index contributed by atoms with van der Waals surface area (Å²) in [5.41, 5.74) is 1.14. The molecule has 6 heteroatoms. The molecule has 0 aliphatic carbocycles. The molecule has 1 aliphatic rings. The Balaban J connectivity index is 1.92. The van der Waals surface area contributed by atoms with Crippen LogP contribution in [0.25, 0.3) is 0 Å². The summed E-state index contributed by atoms with van der Waals surface area (Å²) in [4.78, 5) is 27.3. The van der Waals surface area contributed by atoms with E-state index in [1.165, 1.54) is 34.9 Å². The molecule has 142 valence electrons. The number of esters is 1. The molecule has 1 amide bonds. The lowest BCUT2D eigenvalue weighted by Crippen LogP contribution is -2.44. The third-order valence-electron chi connectivity index (χ3n) is 4.22. The van der Waals surface area contributed by atoms with E-state index in [9.17, 15) is 14.0 Å². The van der Waals surface area contributed by atoms with Crippen molar-refractivity contribution in [2.75, 3.05) is 12.4 Å². The fourth-order valence-electron chi connectivity index (χ4n) is 2.93. The standard InChI is InChI=1S/C21H22FNO3S/c1-14(2)12-26-21(25)18-13-27-20(15-7-4-3-5-8-15)23(18)19(24)16-9-6-10-17(22)11-16/h3-11,14,18,20H,12-13H2,1-2H3/t18-,20+/m0/s1. The smallest absolute Gasteiger partial charge is 0.329 e. The lowest BCUT2D eigenvalue weighted by atomic mass is 10.1. The summed E-state index contributed by atoms with van der Waals surface area (Å²) >= 11 is 1.51. The zero-order valence-corrected chi connectivity index (χ0v) is 16.1. The Hall–Kier alpha value is -2.34. The first kappa shape index (κ1) is 19.4. The predicted molar refractivity (Wildman–Crippen MR) is 104 cm³/mol. The number of hydrogen-bond acceptors (Lipinski definition) is 4. The first-order valence-electron chi connectivity index (χ1n) is 8.89. The second kappa shape index (κ2) is 8.57. The summed E-state index contributed by atoms with van der Waals surface area (Å²) in [6.07, 6.45) is 0. The van der Waals surface area contributed by atoms with Crippen LogP contribution in [0, 0.1) is 11.7 Å². The van der Waals surface area contributed by atoms with Crippen LogP contribution in [-0.4, -0.2) is 35.2 Å². The number of hydrogen-bond donors (Lipinski definition) is 0. The summed E-state index contributed by atoms with van der Waals surface area (Å²) in [6.45, 7) is 4.22. The van der Waals surface area contributed by atoms with E-state index in [1.54, 1.807) is 6.07 Å². The predicted octanol–water partition coefficient (Wildman–Crippen LogP) is 4.28. The molecule has 0 spiro atoms. The molecule has 0 saturated carbocycles. The maximum atomic E-state index is 13.6. The Morgan fingerprint density at radius 3 is 2.59 bits per heavy atom. The largest absolute Gasteiger partial charge is 0.464 e. The van der Waals surface area contributed by atoms with Gasteiger partial charge >= 0.3 is 5.97 Å². The Bertz CT molecular complexity index is 812. The molecule has 1 fully saturated rings. The maximum absolute atomic E-state index is 13.6. The van der Waals surface area contributed by atoms with E-state index >= 15 is 0 Å². The summed E-state index contributed by atoms with van der Waals surface area (Å²) in [7, 11) is 0. The number of benzene rings is 2. The third-order valence-corrected chi connectivity index (χ3v) is 5.55. The van der Waals surface area contributed by atoms with Crippen LogP contribution in [0.2, 0.25) is 0 Å². The van der Waals surface area contributed by atoms with Crippen LogP contribution in [0.3, 0.4) is 0 Å². The number of amides is 1. The number of carbonyl (C=O) groups excluding carboxylic acids is 2. The van der Waals surface area contributed by atoms with E-state index in [4.69, 9.17) is 4.74 Å². The van der Waals surface area contributed by atoms with E-state index in [2.05, 4.69) is 0 Å². The van der Waals surface area contributed by atoms with E-state index in [0.29, 0.717) is 12.4 Å². The van der Waals surface area contributed by atoms with Gasteiger partial charge in [0.1, 0.15) is 17.2 Å². The van der Waals surface area contributed by atoms with Gasteiger partial charge in [-0.3, -0.25) is 4.79 Å². The number of nitrogens with zero attached hydrogens (tertiary/aromatic N) is 1. The molecule has 4 nitrogen and oxygen atoms in total. The minimum absolute atomic E-state index is 0.209. The van der Waals surface area contributed by atoms with Gasteiger partial charge in [0.05, 0.1) is 6.61 Å². The van der Waals surface area contributed by atoms with Gasteiger partial charge in [-0.1, -0.05) is 50.2 Å². The lowest BCUT2D eigenvalue weighted by Gasteiger charge is -2.29. The van der Waals surface area contributed by atoms with Crippen molar-refractivity contribution in [3.8, 4) is 0 Å². The zero-order chi connectivity index (χ0) is 19.4. The molecule has 1 saturated heterocycles. The molecule has 0 unspecified atom stereocenters. The molecule has 2 atom stereocenters. The molecule has 0 radical (unpaired) electrons. The van der Waals surface area contributed by atoms with E-state index < -0.39 is 17.8 Å². The summed E-state index contributed by atoms with van der Waals surface area (Å²) < 4.78 is 19.0. The highest BCUT2D eigenvalue weighted by molar-refractivity contribution is 7.99. The molecule has 0 bridgehead atoms. The second-order valence-corrected chi connectivity index (χ2v) is 7.97. The molecule has 0 N–H and O–H groups in total. The van der Waals surface area contributed by atoms with Gasteiger partial charge in [-0.25, -0.2) is 9.18 Å². The normalized spacial score (nSPS) is 19.3. The van der Waals surface area contributed by atoms with Crippen LogP contribution < -0.4 is 0 Å². The van der Waals surface area contributed by atoms with Crippen molar-refractivity contribution >= 4 is 23.6 Å². The van der Waals surface area contributed by atoms with Crippen molar-refractivity contribution in [3.05, 3.63) is 71.5 Å². The van der Waals surface area contributed by atoms with Gasteiger partial charge < -0.3 is 9.64 Å². The van der Waals surface area contributed by atoms with Gasteiger partial charge in [0, 0.05) is 11.3 Å². The monoisotopic (exact) mass is 387 g/mol. The quantitative estimate of drug-likeness (QED) is 0.719.